The molecule has 1 saturated heterocycles. The van der Waals surface area contributed by atoms with Crippen molar-refractivity contribution >= 4 is 28.4 Å². The predicted molar refractivity (Wildman–Crippen MR) is 45.2 cm³/mol. The topological polar surface area (TPSA) is 32.3 Å². The number of amides is 1. The van der Waals surface area contributed by atoms with Crippen LogP contribution in [-0.2, 0) is 4.79 Å². The van der Waals surface area contributed by atoms with Gasteiger partial charge in [0, 0.05) is 35.0 Å². The van der Waals surface area contributed by atoms with E-state index in [2.05, 4.69) is 9.03 Å². The molecular formula is C5H10N2OS2. The van der Waals surface area contributed by atoms with Crippen LogP contribution < -0.4 is 4.72 Å². The quantitative estimate of drug-likeness (QED) is 0.302. The summed E-state index contributed by atoms with van der Waals surface area (Å²) in [6, 6.07) is 0. The highest BCUT2D eigenvalue weighted by atomic mass is 33.1. The zero-order chi connectivity index (χ0) is 7.23. The van der Waals surface area contributed by atoms with Gasteiger partial charge in [0.25, 0.3) is 0 Å². The van der Waals surface area contributed by atoms with Gasteiger partial charge in [-0.3, -0.25) is 9.52 Å². The Bertz CT molecular complexity index is 106. The van der Waals surface area contributed by atoms with Crippen LogP contribution in [0.25, 0.3) is 0 Å². The van der Waals surface area contributed by atoms with E-state index in [1.54, 1.807) is 11.0 Å². The summed E-state index contributed by atoms with van der Waals surface area (Å²) in [6.07, 6.45) is 3.27. The lowest BCUT2D eigenvalue weighted by Gasteiger charge is -2.09. The van der Waals surface area contributed by atoms with Crippen LogP contribution in [0.5, 0.6) is 0 Å². The lowest BCUT2D eigenvalue weighted by molar-refractivity contribution is -0.107. The summed E-state index contributed by atoms with van der Waals surface area (Å²) in [6.45, 7) is 2.30. The van der Waals surface area contributed by atoms with E-state index in [0.717, 1.165) is 13.1 Å². The van der Waals surface area contributed by atoms with Crippen molar-refractivity contribution in [3.05, 3.63) is 0 Å². The van der Waals surface area contributed by atoms with Crippen LogP contribution in [-0.4, -0.2) is 23.8 Å². The molecule has 1 heterocycles. The molecule has 0 bridgehead atoms. The highest BCUT2D eigenvalue weighted by Gasteiger charge is 2.11. The van der Waals surface area contributed by atoms with Crippen LogP contribution in [0.15, 0.2) is 0 Å². The molecule has 0 unspecified atom stereocenters. The molecule has 1 N–H and O–H groups in total. The van der Waals surface area contributed by atoms with Crippen LogP contribution >= 0.6 is 22.0 Å². The zero-order valence-electron chi connectivity index (χ0n) is 5.58. The SMILES string of the molecule is O=CNSSN1CCCC1. The van der Waals surface area contributed by atoms with Gasteiger partial charge in [0.05, 0.1) is 0 Å². The lowest BCUT2D eigenvalue weighted by Crippen LogP contribution is -2.09. The minimum atomic E-state index is 0.702. The summed E-state index contributed by atoms with van der Waals surface area (Å²) >= 11 is 0. The normalized spacial score (nSPS) is 19.2. The average Bonchev–Trinajstić information content (AvgIpc) is 2.41. The van der Waals surface area contributed by atoms with E-state index in [1.807, 2.05) is 0 Å². The van der Waals surface area contributed by atoms with Gasteiger partial charge in [0.15, 0.2) is 0 Å². The number of hydrogen-bond acceptors (Lipinski definition) is 4. The average molecular weight is 178 g/mol. The van der Waals surface area contributed by atoms with Gasteiger partial charge >= 0.3 is 0 Å². The second-order valence-corrected chi connectivity index (χ2v) is 4.04. The summed E-state index contributed by atoms with van der Waals surface area (Å²) in [7, 11) is 2.99. The Labute approximate surface area is 68.6 Å². The van der Waals surface area contributed by atoms with Crippen LogP contribution in [0.2, 0.25) is 0 Å². The molecule has 1 aliphatic heterocycles. The molecule has 1 fully saturated rings. The molecule has 0 radical (unpaired) electrons. The first-order valence-corrected chi connectivity index (χ1v) is 5.32. The second-order valence-electron chi connectivity index (χ2n) is 2.03. The standard InChI is InChI=1S/C5H10N2OS2/c8-5-6-9-10-7-3-1-2-4-7/h5H,1-4H2,(H,6,8). The molecule has 0 atom stereocenters. The molecule has 0 aromatic heterocycles. The molecule has 5 heteroatoms. The number of carbonyl (C=O) groups excluding carboxylic acids is 1. The Morgan fingerprint density at radius 2 is 2.10 bits per heavy atom. The van der Waals surface area contributed by atoms with E-state index in [4.69, 9.17) is 0 Å². The third-order valence-corrected chi connectivity index (χ3v) is 3.29. The van der Waals surface area contributed by atoms with Gasteiger partial charge in [0.1, 0.15) is 0 Å². The van der Waals surface area contributed by atoms with Gasteiger partial charge in [0.2, 0.25) is 6.41 Å². The summed E-state index contributed by atoms with van der Waals surface area (Å²) in [4.78, 5) is 9.81. The maximum Gasteiger partial charge on any atom is 0.217 e. The third-order valence-electron chi connectivity index (χ3n) is 1.30. The van der Waals surface area contributed by atoms with E-state index < -0.39 is 0 Å². The van der Waals surface area contributed by atoms with Gasteiger partial charge in [-0.2, -0.15) is 0 Å². The highest BCUT2D eigenvalue weighted by Crippen LogP contribution is 2.26. The van der Waals surface area contributed by atoms with Crippen molar-refractivity contribution in [1.29, 1.82) is 0 Å². The molecule has 0 aromatic rings. The van der Waals surface area contributed by atoms with Crippen LogP contribution in [0.3, 0.4) is 0 Å². The van der Waals surface area contributed by atoms with E-state index >= 15 is 0 Å². The van der Waals surface area contributed by atoms with Gasteiger partial charge in [-0.05, 0) is 12.8 Å². The van der Waals surface area contributed by atoms with Crippen LogP contribution in [0, 0.1) is 0 Å². The van der Waals surface area contributed by atoms with Crippen molar-refractivity contribution in [1.82, 2.24) is 9.03 Å². The minimum Gasteiger partial charge on any atom is -0.293 e. The molecule has 58 valence electrons. The minimum absolute atomic E-state index is 0.702. The number of rotatable bonds is 4. The largest absolute Gasteiger partial charge is 0.293 e. The van der Waals surface area contributed by atoms with Gasteiger partial charge in [-0.15, -0.1) is 0 Å². The van der Waals surface area contributed by atoms with Crippen molar-refractivity contribution in [3.8, 4) is 0 Å². The van der Waals surface area contributed by atoms with Crippen molar-refractivity contribution < 1.29 is 4.79 Å². The molecule has 1 rings (SSSR count). The maximum atomic E-state index is 9.81. The second kappa shape index (κ2) is 4.87. The first-order valence-electron chi connectivity index (χ1n) is 3.21. The fraction of sp³-hybridized carbons (Fsp3) is 0.800. The molecular weight excluding hydrogens is 168 g/mol. The Balaban J connectivity index is 1.96. The lowest BCUT2D eigenvalue weighted by atomic mass is 10.4. The monoisotopic (exact) mass is 178 g/mol. The molecule has 0 saturated carbocycles. The first-order chi connectivity index (χ1) is 4.93. The Hall–Kier alpha value is 0.130. The molecule has 3 nitrogen and oxygen atoms in total. The highest BCUT2D eigenvalue weighted by molar-refractivity contribution is 8.75. The molecule has 1 amide bonds. The van der Waals surface area contributed by atoms with Gasteiger partial charge in [-0.1, -0.05) is 0 Å². The maximum absolute atomic E-state index is 9.81. The Kier molecular flexibility index (Phi) is 4.01. The van der Waals surface area contributed by atoms with E-state index in [1.165, 1.54) is 23.8 Å². The van der Waals surface area contributed by atoms with Crippen LogP contribution in [0.1, 0.15) is 12.8 Å². The number of carbonyl (C=O) groups is 1. The van der Waals surface area contributed by atoms with Crippen LogP contribution in [0.4, 0.5) is 0 Å². The molecule has 0 aliphatic carbocycles. The smallest absolute Gasteiger partial charge is 0.217 e. The first kappa shape index (κ1) is 8.23. The molecule has 1 aliphatic rings. The van der Waals surface area contributed by atoms with Crippen molar-refractivity contribution in [2.45, 2.75) is 12.8 Å². The van der Waals surface area contributed by atoms with E-state index in [-0.39, 0.29) is 0 Å². The number of nitrogens with zero attached hydrogens (tertiary/aromatic N) is 1. The fourth-order valence-electron chi connectivity index (χ4n) is 0.857. The van der Waals surface area contributed by atoms with E-state index in [9.17, 15) is 4.79 Å². The Morgan fingerprint density at radius 3 is 2.70 bits per heavy atom. The third kappa shape index (κ3) is 2.81. The summed E-state index contributed by atoms with van der Waals surface area (Å²) in [5, 5.41) is 0. The van der Waals surface area contributed by atoms with Gasteiger partial charge < -0.3 is 0 Å². The predicted octanol–water partition coefficient (Wildman–Crippen LogP) is 1.04. The summed E-state index contributed by atoms with van der Waals surface area (Å²) in [5.41, 5.74) is 0. The molecule has 0 spiro atoms. The zero-order valence-corrected chi connectivity index (χ0v) is 7.21. The van der Waals surface area contributed by atoms with Crippen molar-refractivity contribution in [2.24, 2.45) is 0 Å². The number of nitrogens with one attached hydrogen (secondary N) is 1. The summed E-state index contributed by atoms with van der Waals surface area (Å²) < 4.78 is 4.78. The molecule has 0 aromatic carbocycles. The van der Waals surface area contributed by atoms with Gasteiger partial charge in [-0.25, -0.2) is 4.31 Å². The van der Waals surface area contributed by atoms with Crippen molar-refractivity contribution in [3.63, 3.8) is 0 Å². The Morgan fingerprint density at radius 1 is 1.40 bits per heavy atom. The number of hydrogen-bond donors (Lipinski definition) is 1. The fourth-order valence-corrected chi connectivity index (χ4v) is 2.46. The van der Waals surface area contributed by atoms with Crippen molar-refractivity contribution in [2.75, 3.05) is 13.1 Å². The summed E-state index contributed by atoms with van der Waals surface area (Å²) in [5.74, 6) is 0. The molecule has 10 heavy (non-hydrogen) atoms. The van der Waals surface area contributed by atoms with E-state index in [0.29, 0.717) is 6.41 Å².